The van der Waals surface area contributed by atoms with Gasteiger partial charge in [0.05, 0.1) is 18.5 Å². The molecule has 124 valence electrons. The lowest BCUT2D eigenvalue weighted by Gasteiger charge is -2.02. The monoisotopic (exact) mass is 368 g/mol. The first-order valence-corrected chi connectivity index (χ1v) is 8.55. The van der Waals surface area contributed by atoms with E-state index in [0.717, 1.165) is 17.0 Å². The van der Waals surface area contributed by atoms with Gasteiger partial charge in [0, 0.05) is 16.0 Å². The van der Waals surface area contributed by atoms with Crippen LogP contribution in [0.5, 0.6) is 5.75 Å². The van der Waals surface area contributed by atoms with Crippen LogP contribution in [0.3, 0.4) is 0 Å². The van der Waals surface area contributed by atoms with Crippen molar-refractivity contribution in [3.8, 4) is 23.1 Å². The molecule has 3 rings (SSSR count). The molecule has 2 aromatic carbocycles. The van der Waals surface area contributed by atoms with E-state index >= 15 is 0 Å². The molecule has 0 fully saturated rings. The molecular formula is C18H13ClN4OS. The first kappa shape index (κ1) is 17.0. The summed E-state index contributed by atoms with van der Waals surface area (Å²) in [6.45, 7) is 0. The van der Waals surface area contributed by atoms with Crippen molar-refractivity contribution in [2.45, 2.75) is 0 Å². The smallest absolute Gasteiger partial charge is 0.196 e. The van der Waals surface area contributed by atoms with Crippen molar-refractivity contribution in [3.05, 3.63) is 63.9 Å². The minimum absolute atomic E-state index is 0.208. The van der Waals surface area contributed by atoms with E-state index in [1.165, 1.54) is 11.3 Å². The van der Waals surface area contributed by atoms with E-state index in [9.17, 15) is 5.26 Å². The van der Waals surface area contributed by atoms with Crippen molar-refractivity contribution in [1.82, 2.24) is 4.98 Å². The Morgan fingerprint density at radius 2 is 2.12 bits per heavy atom. The second-order valence-electron chi connectivity index (χ2n) is 4.96. The second-order valence-corrected chi connectivity index (χ2v) is 6.26. The number of hydrogen-bond acceptors (Lipinski definition) is 6. The topological polar surface area (TPSA) is 70.3 Å². The third-order valence-corrected chi connectivity index (χ3v) is 4.38. The van der Waals surface area contributed by atoms with Crippen molar-refractivity contribution >= 4 is 34.3 Å². The summed E-state index contributed by atoms with van der Waals surface area (Å²) in [6.07, 6.45) is 0. The lowest BCUT2D eigenvalue weighted by atomic mass is 10.2. The zero-order valence-electron chi connectivity index (χ0n) is 13.2. The molecule has 0 atom stereocenters. The lowest BCUT2D eigenvalue weighted by Crippen LogP contribution is -2.01. The van der Waals surface area contributed by atoms with E-state index in [4.69, 9.17) is 16.3 Å². The van der Waals surface area contributed by atoms with Gasteiger partial charge in [-0.25, -0.2) is 4.98 Å². The van der Waals surface area contributed by atoms with Crippen LogP contribution in [0.2, 0.25) is 5.02 Å². The van der Waals surface area contributed by atoms with Crippen LogP contribution in [-0.4, -0.2) is 17.8 Å². The van der Waals surface area contributed by atoms with E-state index < -0.39 is 0 Å². The van der Waals surface area contributed by atoms with E-state index in [2.05, 4.69) is 21.6 Å². The number of methoxy groups -OCH3 is 1. The maximum atomic E-state index is 9.37. The van der Waals surface area contributed by atoms with Crippen LogP contribution in [-0.2, 0) is 0 Å². The maximum absolute atomic E-state index is 9.37. The predicted molar refractivity (Wildman–Crippen MR) is 101 cm³/mol. The number of aromatic nitrogens is 1. The second kappa shape index (κ2) is 7.79. The van der Waals surface area contributed by atoms with Crippen LogP contribution in [0.1, 0.15) is 5.01 Å². The molecule has 25 heavy (non-hydrogen) atoms. The Balaban J connectivity index is 1.84. The summed E-state index contributed by atoms with van der Waals surface area (Å²) >= 11 is 7.29. The van der Waals surface area contributed by atoms with Gasteiger partial charge in [-0.2, -0.15) is 10.4 Å². The quantitative estimate of drug-likeness (QED) is 0.518. The number of nitrogens with zero attached hydrogens (tertiary/aromatic N) is 3. The van der Waals surface area contributed by atoms with Gasteiger partial charge in [0.2, 0.25) is 0 Å². The van der Waals surface area contributed by atoms with Gasteiger partial charge in [0.25, 0.3) is 0 Å². The van der Waals surface area contributed by atoms with Gasteiger partial charge in [-0.15, -0.1) is 11.3 Å². The van der Waals surface area contributed by atoms with Gasteiger partial charge >= 0.3 is 0 Å². The highest BCUT2D eigenvalue weighted by atomic mass is 35.5. The van der Waals surface area contributed by atoms with Crippen LogP contribution >= 0.6 is 22.9 Å². The third kappa shape index (κ3) is 4.15. The van der Waals surface area contributed by atoms with E-state index in [0.29, 0.717) is 15.7 Å². The SMILES string of the molecule is COc1cccc(-c2csc(C(C#N)=NNc3cccc(Cl)c3)n2)c1. The molecule has 5 nitrogen and oxygen atoms in total. The van der Waals surface area contributed by atoms with Crippen LogP contribution in [0, 0.1) is 11.3 Å². The first-order valence-electron chi connectivity index (χ1n) is 7.29. The summed E-state index contributed by atoms with van der Waals surface area (Å²) in [7, 11) is 1.62. The Bertz CT molecular complexity index is 961. The van der Waals surface area contributed by atoms with Crippen molar-refractivity contribution in [3.63, 3.8) is 0 Å². The highest BCUT2D eigenvalue weighted by molar-refractivity contribution is 7.12. The molecule has 0 bridgehead atoms. The molecule has 0 aliphatic rings. The molecule has 1 N–H and O–H groups in total. The molecule has 0 aliphatic carbocycles. The highest BCUT2D eigenvalue weighted by Crippen LogP contribution is 2.25. The number of nitrogens with one attached hydrogen (secondary N) is 1. The van der Waals surface area contributed by atoms with Crippen LogP contribution < -0.4 is 10.2 Å². The Morgan fingerprint density at radius 3 is 2.88 bits per heavy atom. The molecule has 0 saturated carbocycles. The standard InChI is InChI=1S/C18H13ClN4OS/c1-24-15-7-2-4-12(8-15)17-11-25-18(21-17)16(10-20)23-22-14-6-3-5-13(19)9-14/h2-9,11,22H,1H3. The summed E-state index contributed by atoms with van der Waals surface area (Å²) in [5.41, 5.74) is 5.42. The third-order valence-electron chi connectivity index (χ3n) is 3.30. The number of nitriles is 1. The molecule has 0 saturated heterocycles. The summed E-state index contributed by atoms with van der Waals surface area (Å²) in [6, 6.07) is 16.8. The molecular weight excluding hydrogens is 356 g/mol. The average molecular weight is 369 g/mol. The van der Waals surface area contributed by atoms with Crippen LogP contribution in [0.15, 0.2) is 59.0 Å². The Hall–Kier alpha value is -2.88. The minimum atomic E-state index is 0.208. The van der Waals surface area contributed by atoms with E-state index in [1.807, 2.05) is 35.7 Å². The summed E-state index contributed by atoms with van der Waals surface area (Å²) < 4.78 is 5.23. The van der Waals surface area contributed by atoms with Crippen molar-refractivity contribution in [2.24, 2.45) is 5.10 Å². The zero-order chi connectivity index (χ0) is 17.6. The fraction of sp³-hybridized carbons (Fsp3) is 0.0556. The Morgan fingerprint density at radius 1 is 1.28 bits per heavy atom. The number of hydrogen-bond donors (Lipinski definition) is 1. The number of anilines is 1. The number of ether oxygens (including phenoxy) is 1. The number of benzene rings is 2. The molecule has 3 aromatic rings. The number of halogens is 1. The molecule has 0 aliphatic heterocycles. The lowest BCUT2D eigenvalue weighted by molar-refractivity contribution is 0.415. The normalized spacial score (nSPS) is 11.0. The number of thiazole rings is 1. The maximum Gasteiger partial charge on any atom is 0.196 e. The van der Waals surface area contributed by atoms with Crippen molar-refractivity contribution in [1.29, 1.82) is 5.26 Å². The van der Waals surface area contributed by atoms with Gasteiger partial charge in [0.15, 0.2) is 10.7 Å². The van der Waals surface area contributed by atoms with Gasteiger partial charge in [-0.3, -0.25) is 5.43 Å². The van der Waals surface area contributed by atoms with Gasteiger partial charge < -0.3 is 4.74 Å². The van der Waals surface area contributed by atoms with Gasteiger partial charge in [0.1, 0.15) is 11.8 Å². The zero-order valence-corrected chi connectivity index (χ0v) is 14.8. The number of rotatable bonds is 5. The minimum Gasteiger partial charge on any atom is -0.497 e. The fourth-order valence-electron chi connectivity index (χ4n) is 2.10. The first-order chi connectivity index (χ1) is 12.2. The fourth-order valence-corrected chi connectivity index (χ4v) is 3.05. The Labute approximate surface area is 154 Å². The Kier molecular flexibility index (Phi) is 5.29. The molecule has 0 radical (unpaired) electrons. The van der Waals surface area contributed by atoms with Gasteiger partial charge in [-0.1, -0.05) is 29.8 Å². The molecule has 0 unspecified atom stereocenters. The molecule has 1 aromatic heterocycles. The summed E-state index contributed by atoms with van der Waals surface area (Å²) in [4.78, 5) is 4.50. The summed E-state index contributed by atoms with van der Waals surface area (Å²) in [5.74, 6) is 0.754. The molecule has 7 heteroatoms. The van der Waals surface area contributed by atoms with Crippen LogP contribution in [0.4, 0.5) is 5.69 Å². The summed E-state index contributed by atoms with van der Waals surface area (Å²) in [5, 5.41) is 16.5. The van der Waals surface area contributed by atoms with Crippen molar-refractivity contribution < 1.29 is 4.74 Å². The van der Waals surface area contributed by atoms with E-state index in [1.54, 1.807) is 25.3 Å². The average Bonchev–Trinajstić information content (AvgIpc) is 3.12. The van der Waals surface area contributed by atoms with Crippen LogP contribution in [0.25, 0.3) is 11.3 Å². The number of hydrazone groups is 1. The highest BCUT2D eigenvalue weighted by Gasteiger charge is 2.11. The van der Waals surface area contributed by atoms with Gasteiger partial charge in [-0.05, 0) is 30.3 Å². The largest absolute Gasteiger partial charge is 0.497 e. The predicted octanol–water partition coefficient (Wildman–Crippen LogP) is 4.81. The molecule has 0 spiro atoms. The van der Waals surface area contributed by atoms with E-state index in [-0.39, 0.29) is 5.71 Å². The molecule has 0 amide bonds. The van der Waals surface area contributed by atoms with Crippen molar-refractivity contribution in [2.75, 3.05) is 12.5 Å². The molecule has 1 heterocycles.